The van der Waals surface area contributed by atoms with Crippen molar-refractivity contribution < 1.29 is 9.59 Å². The zero-order chi connectivity index (χ0) is 21.6. The molecule has 2 aliphatic heterocycles. The number of imide groups is 1. The number of aliphatic imine (C=N–C) groups is 1. The number of hydrogen-bond donors (Lipinski definition) is 1. The number of unbranched alkanes of at least 4 members (excludes halogenated alkanes) is 1. The lowest BCUT2D eigenvalue weighted by Gasteiger charge is -2.30. The lowest BCUT2D eigenvalue weighted by Crippen LogP contribution is -2.43. The molecule has 2 aromatic rings. The van der Waals surface area contributed by atoms with Crippen LogP contribution < -0.4 is 5.32 Å². The first kappa shape index (κ1) is 24.0. The van der Waals surface area contributed by atoms with Crippen LogP contribution in [-0.4, -0.2) is 60.8 Å². The monoisotopic (exact) mass is 544 g/mol. The van der Waals surface area contributed by atoms with E-state index in [1.807, 2.05) is 6.07 Å². The Morgan fingerprint density at radius 2 is 1.62 bits per heavy atom. The number of halogens is 1. The summed E-state index contributed by atoms with van der Waals surface area (Å²) in [6.07, 6.45) is 4.87. The van der Waals surface area contributed by atoms with Gasteiger partial charge in [0.25, 0.3) is 11.8 Å². The molecule has 7 heteroatoms. The molecule has 32 heavy (non-hydrogen) atoms. The van der Waals surface area contributed by atoms with E-state index in [-0.39, 0.29) is 35.8 Å². The van der Waals surface area contributed by atoms with Crippen molar-refractivity contribution in [1.29, 1.82) is 0 Å². The third-order valence-electron chi connectivity index (χ3n) is 5.83. The van der Waals surface area contributed by atoms with E-state index in [1.54, 1.807) is 31.3 Å². The topological polar surface area (TPSA) is 65.0 Å². The second-order valence-electron chi connectivity index (χ2n) is 7.78. The molecule has 0 unspecified atom stereocenters. The number of nitrogens with one attached hydrogen (secondary N) is 1. The summed E-state index contributed by atoms with van der Waals surface area (Å²) in [5.41, 5.74) is 3.70. The summed E-state index contributed by atoms with van der Waals surface area (Å²) in [6.45, 7) is 2.95. The van der Waals surface area contributed by atoms with Crippen LogP contribution in [0.5, 0.6) is 0 Å². The highest BCUT2D eigenvalue weighted by molar-refractivity contribution is 14.0. The normalized spacial score (nSPS) is 15.9. The van der Waals surface area contributed by atoms with Gasteiger partial charge in [-0.15, -0.1) is 24.0 Å². The minimum atomic E-state index is -0.182. The largest absolute Gasteiger partial charge is 0.356 e. The molecule has 2 aromatic carbocycles. The summed E-state index contributed by atoms with van der Waals surface area (Å²) >= 11 is 0. The molecule has 2 heterocycles. The zero-order valence-electron chi connectivity index (χ0n) is 18.3. The number of nitrogens with zero attached hydrogens (tertiary/aromatic N) is 3. The number of fused-ring (bicyclic) bond motifs is 1. The molecule has 0 saturated carbocycles. The lowest BCUT2D eigenvalue weighted by atomic mass is 10.00. The molecule has 0 bridgehead atoms. The fourth-order valence-corrected chi connectivity index (χ4v) is 4.15. The number of amides is 2. The molecule has 0 aromatic heterocycles. The first-order valence-electron chi connectivity index (χ1n) is 10.8. The van der Waals surface area contributed by atoms with Crippen LogP contribution in [0.15, 0.2) is 65.7 Å². The third-order valence-corrected chi connectivity index (χ3v) is 5.83. The van der Waals surface area contributed by atoms with Crippen LogP contribution in [0.1, 0.15) is 45.5 Å². The SMILES string of the molecule is CN=C(NCCCCN1C(=O)c2ccccc2C1=O)N1CC=C(c2ccccc2)CC1.I. The van der Waals surface area contributed by atoms with Gasteiger partial charge in [0.15, 0.2) is 5.96 Å². The highest BCUT2D eigenvalue weighted by Crippen LogP contribution is 2.23. The Bertz CT molecular complexity index is 985. The Labute approximate surface area is 206 Å². The van der Waals surface area contributed by atoms with Crippen molar-refractivity contribution in [2.45, 2.75) is 19.3 Å². The number of carbonyl (C=O) groups is 2. The fourth-order valence-electron chi connectivity index (χ4n) is 4.15. The van der Waals surface area contributed by atoms with Crippen molar-refractivity contribution in [1.82, 2.24) is 15.1 Å². The molecule has 0 spiro atoms. The van der Waals surface area contributed by atoms with E-state index < -0.39 is 0 Å². The van der Waals surface area contributed by atoms with Gasteiger partial charge in [0, 0.05) is 33.2 Å². The molecule has 2 amide bonds. The molecule has 0 radical (unpaired) electrons. The van der Waals surface area contributed by atoms with Crippen LogP contribution in [0.2, 0.25) is 0 Å². The Kier molecular flexibility index (Phi) is 8.44. The van der Waals surface area contributed by atoms with Crippen LogP contribution in [0.4, 0.5) is 0 Å². The number of guanidine groups is 1. The fraction of sp³-hybridized carbons (Fsp3) is 0.320. The summed E-state index contributed by atoms with van der Waals surface area (Å²) in [5, 5.41) is 3.42. The van der Waals surface area contributed by atoms with Gasteiger partial charge in [-0.3, -0.25) is 19.5 Å². The van der Waals surface area contributed by atoms with Gasteiger partial charge in [-0.25, -0.2) is 0 Å². The Morgan fingerprint density at radius 1 is 0.969 bits per heavy atom. The number of benzene rings is 2. The molecule has 168 valence electrons. The number of carbonyl (C=O) groups excluding carboxylic acids is 2. The Hall–Kier alpha value is -2.68. The maximum atomic E-state index is 12.4. The van der Waals surface area contributed by atoms with Gasteiger partial charge in [0.1, 0.15) is 0 Å². The van der Waals surface area contributed by atoms with Crippen molar-refractivity contribution in [3.8, 4) is 0 Å². The first-order chi connectivity index (χ1) is 15.2. The Morgan fingerprint density at radius 3 is 2.22 bits per heavy atom. The molecule has 6 nitrogen and oxygen atoms in total. The van der Waals surface area contributed by atoms with Crippen molar-refractivity contribution in [3.05, 3.63) is 77.4 Å². The maximum Gasteiger partial charge on any atom is 0.261 e. The summed E-state index contributed by atoms with van der Waals surface area (Å²) < 4.78 is 0. The van der Waals surface area contributed by atoms with Gasteiger partial charge in [0.05, 0.1) is 11.1 Å². The summed E-state index contributed by atoms with van der Waals surface area (Å²) in [7, 11) is 1.80. The zero-order valence-corrected chi connectivity index (χ0v) is 20.6. The number of rotatable bonds is 6. The molecule has 0 aliphatic carbocycles. The summed E-state index contributed by atoms with van der Waals surface area (Å²) in [4.78, 5) is 32.9. The quantitative estimate of drug-likeness (QED) is 0.196. The van der Waals surface area contributed by atoms with Crippen LogP contribution in [0.25, 0.3) is 5.57 Å². The van der Waals surface area contributed by atoms with E-state index in [0.717, 1.165) is 44.9 Å². The molecular formula is C25H29IN4O2. The second-order valence-corrected chi connectivity index (χ2v) is 7.78. The Balaban J connectivity index is 0.00000289. The van der Waals surface area contributed by atoms with Crippen LogP contribution in [0.3, 0.4) is 0 Å². The van der Waals surface area contributed by atoms with Crippen molar-refractivity contribution >= 4 is 47.3 Å². The average Bonchev–Trinajstić information content (AvgIpc) is 3.07. The van der Waals surface area contributed by atoms with Crippen LogP contribution >= 0.6 is 24.0 Å². The molecule has 1 N–H and O–H groups in total. The van der Waals surface area contributed by atoms with Gasteiger partial charge < -0.3 is 10.2 Å². The molecule has 0 atom stereocenters. The van der Waals surface area contributed by atoms with Gasteiger partial charge in [-0.1, -0.05) is 48.5 Å². The minimum absolute atomic E-state index is 0. The smallest absolute Gasteiger partial charge is 0.261 e. The minimum Gasteiger partial charge on any atom is -0.356 e. The average molecular weight is 544 g/mol. The van der Waals surface area contributed by atoms with E-state index in [9.17, 15) is 9.59 Å². The summed E-state index contributed by atoms with van der Waals surface area (Å²) in [5.74, 6) is 0.529. The second kappa shape index (κ2) is 11.3. The number of hydrogen-bond acceptors (Lipinski definition) is 3. The molecule has 2 aliphatic rings. The van der Waals surface area contributed by atoms with Crippen molar-refractivity contribution in [2.75, 3.05) is 33.2 Å². The standard InChI is InChI=1S/C25H28N4O2.HI/c1-26-25(28-17-13-20(14-18-28)19-9-3-2-4-10-19)27-15-7-8-16-29-23(30)21-11-5-6-12-22(21)24(29)31;/h2-6,9-13H,7-8,14-18H2,1H3,(H,26,27);1H. The highest BCUT2D eigenvalue weighted by atomic mass is 127. The maximum absolute atomic E-state index is 12.4. The molecule has 0 fully saturated rings. The molecule has 0 saturated heterocycles. The molecular weight excluding hydrogens is 515 g/mol. The van der Waals surface area contributed by atoms with Gasteiger partial charge in [-0.2, -0.15) is 0 Å². The van der Waals surface area contributed by atoms with E-state index >= 15 is 0 Å². The van der Waals surface area contributed by atoms with Gasteiger partial charge in [0.2, 0.25) is 0 Å². The predicted molar refractivity (Wildman–Crippen MR) is 138 cm³/mol. The highest BCUT2D eigenvalue weighted by Gasteiger charge is 2.34. The van der Waals surface area contributed by atoms with E-state index in [4.69, 9.17) is 0 Å². The van der Waals surface area contributed by atoms with E-state index in [0.29, 0.717) is 17.7 Å². The van der Waals surface area contributed by atoms with Crippen LogP contribution in [-0.2, 0) is 0 Å². The van der Waals surface area contributed by atoms with Crippen LogP contribution in [0, 0.1) is 0 Å². The predicted octanol–water partition coefficient (Wildman–Crippen LogP) is 4.05. The van der Waals surface area contributed by atoms with Crippen molar-refractivity contribution in [3.63, 3.8) is 0 Å². The van der Waals surface area contributed by atoms with Gasteiger partial charge in [-0.05, 0) is 42.5 Å². The van der Waals surface area contributed by atoms with Gasteiger partial charge >= 0.3 is 0 Å². The van der Waals surface area contributed by atoms with Crippen molar-refractivity contribution in [2.24, 2.45) is 4.99 Å². The lowest BCUT2D eigenvalue weighted by molar-refractivity contribution is 0.0652. The first-order valence-corrected chi connectivity index (χ1v) is 10.8. The molecule has 4 rings (SSSR count). The third kappa shape index (κ3) is 5.20. The van der Waals surface area contributed by atoms with E-state index in [2.05, 4.69) is 45.6 Å². The van der Waals surface area contributed by atoms with E-state index in [1.165, 1.54) is 16.0 Å². The summed E-state index contributed by atoms with van der Waals surface area (Å²) in [6, 6.07) is 17.5.